The van der Waals surface area contributed by atoms with Crippen LogP contribution in [0.15, 0.2) is 57.7 Å². The molecule has 4 heteroatoms. The molecule has 0 atom stereocenters. The fourth-order valence-electron chi connectivity index (χ4n) is 3.46. The number of fused-ring (bicyclic) bond motifs is 1. The molecule has 0 N–H and O–H groups in total. The van der Waals surface area contributed by atoms with Gasteiger partial charge in [0.05, 0.1) is 21.7 Å². The van der Waals surface area contributed by atoms with Gasteiger partial charge >= 0.3 is 5.63 Å². The molecule has 3 rings (SSSR count). The summed E-state index contributed by atoms with van der Waals surface area (Å²) in [6, 6.07) is 16.3. The molecule has 0 amide bonds. The zero-order valence-corrected chi connectivity index (χ0v) is 17.9. The second-order valence-corrected chi connectivity index (χ2v) is 18.7. The van der Waals surface area contributed by atoms with E-state index in [9.17, 15) is 4.79 Å². The standard InChI is InChI=1S/C21H26O2Si2/c1-24(2,3)17-14-10-13-16-19(17)23-21(22)18(20(16)25(4,5)6)15-11-8-7-9-12-15/h7-14H,1-6H3. The summed E-state index contributed by atoms with van der Waals surface area (Å²) in [5.41, 5.74) is 2.31. The molecular weight excluding hydrogens is 340 g/mol. The Labute approximate surface area is 151 Å². The van der Waals surface area contributed by atoms with E-state index in [1.165, 1.54) is 10.4 Å². The maximum absolute atomic E-state index is 13.1. The Bertz CT molecular complexity index is 975. The normalized spacial score (nSPS) is 12.6. The minimum Gasteiger partial charge on any atom is -0.422 e. The molecule has 2 nitrogen and oxygen atoms in total. The van der Waals surface area contributed by atoms with Gasteiger partial charge in [-0.05, 0) is 15.9 Å². The zero-order valence-electron chi connectivity index (χ0n) is 15.9. The van der Waals surface area contributed by atoms with E-state index in [-0.39, 0.29) is 5.63 Å². The van der Waals surface area contributed by atoms with Crippen LogP contribution < -0.4 is 16.0 Å². The second kappa shape index (κ2) is 6.11. The summed E-state index contributed by atoms with van der Waals surface area (Å²) >= 11 is 0. The molecule has 25 heavy (non-hydrogen) atoms. The summed E-state index contributed by atoms with van der Waals surface area (Å²) in [7, 11) is -3.40. The predicted molar refractivity (Wildman–Crippen MR) is 114 cm³/mol. The molecular formula is C21H26O2Si2. The van der Waals surface area contributed by atoms with E-state index in [1.807, 2.05) is 30.3 Å². The summed E-state index contributed by atoms with van der Waals surface area (Å²) < 4.78 is 5.94. The highest BCUT2D eigenvalue weighted by atomic mass is 28.3. The SMILES string of the molecule is C[Si](C)(C)c1c(-c2ccccc2)c(=O)oc2c([Si](C)(C)C)cccc12. The van der Waals surface area contributed by atoms with Crippen LogP contribution in [0.2, 0.25) is 39.3 Å². The first-order valence-corrected chi connectivity index (χ1v) is 15.8. The molecule has 0 aliphatic rings. The Kier molecular flexibility index (Phi) is 4.37. The van der Waals surface area contributed by atoms with Crippen molar-refractivity contribution >= 4 is 37.5 Å². The van der Waals surface area contributed by atoms with E-state index in [0.717, 1.165) is 22.1 Å². The molecule has 0 radical (unpaired) electrons. The van der Waals surface area contributed by atoms with Gasteiger partial charge in [0, 0.05) is 5.39 Å². The monoisotopic (exact) mass is 366 g/mol. The third kappa shape index (κ3) is 3.28. The average Bonchev–Trinajstić information content (AvgIpc) is 2.52. The van der Waals surface area contributed by atoms with Gasteiger partial charge in [0.1, 0.15) is 5.58 Å². The second-order valence-electron chi connectivity index (χ2n) is 8.69. The fraction of sp³-hybridized carbons (Fsp3) is 0.286. The topological polar surface area (TPSA) is 30.2 Å². The Morgan fingerprint density at radius 1 is 0.760 bits per heavy atom. The van der Waals surface area contributed by atoms with Gasteiger partial charge in [0.2, 0.25) is 0 Å². The van der Waals surface area contributed by atoms with E-state index in [0.29, 0.717) is 0 Å². The fourth-order valence-corrected chi connectivity index (χ4v) is 6.93. The van der Waals surface area contributed by atoms with Gasteiger partial charge in [-0.25, -0.2) is 4.79 Å². The first kappa shape index (κ1) is 17.9. The van der Waals surface area contributed by atoms with Crippen LogP contribution in [0.1, 0.15) is 0 Å². The van der Waals surface area contributed by atoms with E-state index >= 15 is 0 Å². The van der Waals surface area contributed by atoms with Crippen LogP contribution in [0.5, 0.6) is 0 Å². The maximum atomic E-state index is 13.1. The number of hydrogen-bond donors (Lipinski definition) is 0. The molecule has 0 aliphatic heterocycles. The Morgan fingerprint density at radius 3 is 1.96 bits per heavy atom. The number of rotatable bonds is 3. The van der Waals surface area contributed by atoms with Crippen molar-refractivity contribution in [2.75, 3.05) is 0 Å². The first-order chi connectivity index (χ1) is 11.6. The maximum Gasteiger partial charge on any atom is 0.344 e. The summed E-state index contributed by atoms with van der Waals surface area (Å²) in [6.07, 6.45) is 0. The van der Waals surface area contributed by atoms with E-state index in [4.69, 9.17) is 4.42 Å². The van der Waals surface area contributed by atoms with Crippen LogP contribution >= 0.6 is 0 Å². The van der Waals surface area contributed by atoms with Gasteiger partial charge in [-0.1, -0.05) is 87.8 Å². The van der Waals surface area contributed by atoms with Crippen molar-refractivity contribution in [1.29, 1.82) is 0 Å². The van der Waals surface area contributed by atoms with Gasteiger partial charge in [-0.3, -0.25) is 0 Å². The summed E-state index contributed by atoms with van der Waals surface area (Å²) in [6.45, 7) is 13.8. The highest BCUT2D eigenvalue weighted by Crippen LogP contribution is 2.23. The Hall–Kier alpha value is -1.92. The molecule has 0 fully saturated rings. The molecule has 0 saturated carbocycles. The lowest BCUT2D eigenvalue weighted by Crippen LogP contribution is -2.44. The molecule has 0 bridgehead atoms. The van der Waals surface area contributed by atoms with Crippen LogP contribution in [0.3, 0.4) is 0 Å². The van der Waals surface area contributed by atoms with Crippen LogP contribution in [0.25, 0.3) is 22.1 Å². The molecule has 1 heterocycles. The number of benzene rings is 2. The highest BCUT2D eigenvalue weighted by molar-refractivity contribution is 6.92. The van der Waals surface area contributed by atoms with Gasteiger partial charge < -0.3 is 4.42 Å². The third-order valence-electron chi connectivity index (χ3n) is 4.55. The van der Waals surface area contributed by atoms with E-state index in [2.05, 4.69) is 57.5 Å². The summed E-state index contributed by atoms with van der Waals surface area (Å²) in [5, 5.41) is 3.56. The van der Waals surface area contributed by atoms with Crippen LogP contribution in [0, 0.1) is 0 Å². The van der Waals surface area contributed by atoms with Gasteiger partial charge in [0.15, 0.2) is 0 Å². The van der Waals surface area contributed by atoms with Gasteiger partial charge in [0.25, 0.3) is 0 Å². The van der Waals surface area contributed by atoms with E-state index in [1.54, 1.807) is 0 Å². The molecule has 3 aromatic rings. The predicted octanol–water partition coefficient (Wildman–Crippen LogP) is 4.55. The van der Waals surface area contributed by atoms with Crippen LogP contribution in [0.4, 0.5) is 0 Å². The molecule has 0 spiro atoms. The third-order valence-corrected chi connectivity index (χ3v) is 8.58. The van der Waals surface area contributed by atoms with Crippen LogP contribution in [-0.4, -0.2) is 16.1 Å². The molecule has 0 unspecified atom stereocenters. The van der Waals surface area contributed by atoms with Crippen molar-refractivity contribution in [3.8, 4) is 11.1 Å². The minimum absolute atomic E-state index is 0.207. The molecule has 2 aromatic carbocycles. The van der Waals surface area contributed by atoms with Gasteiger partial charge in [-0.15, -0.1) is 0 Å². The lowest BCUT2D eigenvalue weighted by Gasteiger charge is -2.25. The summed E-state index contributed by atoms with van der Waals surface area (Å²) in [4.78, 5) is 13.1. The van der Waals surface area contributed by atoms with Gasteiger partial charge in [-0.2, -0.15) is 0 Å². The first-order valence-electron chi connectivity index (χ1n) is 8.77. The molecule has 130 valence electrons. The average molecular weight is 367 g/mol. The number of para-hydroxylation sites is 1. The van der Waals surface area contributed by atoms with Crippen molar-refractivity contribution < 1.29 is 4.42 Å². The molecule has 0 aliphatic carbocycles. The molecule has 0 saturated heterocycles. The van der Waals surface area contributed by atoms with Crippen molar-refractivity contribution in [3.05, 3.63) is 59.0 Å². The lowest BCUT2D eigenvalue weighted by molar-refractivity contribution is 0.566. The Morgan fingerprint density at radius 2 is 1.40 bits per heavy atom. The van der Waals surface area contributed by atoms with E-state index < -0.39 is 16.1 Å². The van der Waals surface area contributed by atoms with Crippen molar-refractivity contribution in [2.24, 2.45) is 0 Å². The van der Waals surface area contributed by atoms with Crippen molar-refractivity contribution in [2.45, 2.75) is 39.3 Å². The Balaban J connectivity index is 2.52. The number of hydrogen-bond acceptors (Lipinski definition) is 2. The van der Waals surface area contributed by atoms with Crippen molar-refractivity contribution in [1.82, 2.24) is 0 Å². The highest BCUT2D eigenvalue weighted by Gasteiger charge is 2.30. The molecule has 1 aromatic heterocycles. The van der Waals surface area contributed by atoms with Crippen molar-refractivity contribution in [3.63, 3.8) is 0 Å². The summed E-state index contributed by atoms with van der Waals surface area (Å²) in [5.74, 6) is 0. The quantitative estimate of drug-likeness (QED) is 0.503. The van der Waals surface area contributed by atoms with Crippen LogP contribution in [-0.2, 0) is 0 Å². The lowest BCUT2D eigenvalue weighted by atomic mass is 10.1. The smallest absolute Gasteiger partial charge is 0.344 e. The minimum atomic E-state index is -1.78. The largest absolute Gasteiger partial charge is 0.422 e. The zero-order chi connectivity index (χ0) is 18.4.